The summed E-state index contributed by atoms with van der Waals surface area (Å²) >= 11 is 0. The number of carboxylic acid groups (broad SMARTS) is 1. The van der Waals surface area contributed by atoms with Crippen molar-refractivity contribution in [3.63, 3.8) is 0 Å². The van der Waals surface area contributed by atoms with Gasteiger partial charge in [-0.2, -0.15) is 0 Å². The minimum absolute atomic E-state index is 0.0750. The summed E-state index contributed by atoms with van der Waals surface area (Å²) < 4.78 is 0.781. The minimum Gasteiger partial charge on any atom is -0.481 e. The first kappa shape index (κ1) is 15.5. The quantitative estimate of drug-likeness (QED) is 0.689. The summed E-state index contributed by atoms with van der Waals surface area (Å²) in [6.07, 6.45) is 0. The van der Waals surface area contributed by atoms with E-state index in [0.717, 1.165) is 4.57 Å². The lowest BCUT2D eigenvalue weighted by Gasteiger charge is -2.09. The predicted molar refractivity (Wildman–Crippen MR) is 78.6 cm³/mol. The van der Waals surface area contributed by atoms with Crippen molar-refractivity contribution in [1.29, 1.82) is 0 Å². The molecule has 0 saturated carbocycles. The molecular formula is C14H15N3O5. The van der Waals surface area contributed by atoms with Crippen LogP contribution in [0.5, 0.6) is 0 Å². The van der Waals surface area contributed by atoms with E-state index in [2.05, 4.69) is 10.3 Å². The molecule has 1 heterocycles. The Kier molecular flexibility index (Phi) is 4.40. The Morgan fingerprint density at radius 1 is 1.32 bits per heavy atom. The molecule has 0 radical (unpaired) electrons. The van der Waals surface area contributed by atoms with Crippen molar-refractivity contribution >= 4 is 22.8 Å². The van der Waals surface area contributed by atoms with E-state index in [-0.39, 0.29) is 6.54 Å². The molecule has 0 spiro atoms. The van der Waals surface area contributed by atoms with E-state index >= 15 is 0 Å². The molecule has 2 rings (SSSR count). The molecule has 8 nitrogen and oxygen atoms in total. The third-order valence-electron chi connectivity index (χ3n) is 3.22. The zero-order valence-electron chi connectivity index (χ0n) is 11.8. The Bertz CT molecular complexity index is 836. The van der Waals surface area contributed by atoms with Gasteiger partial charge < -0.3 is 15.4 Å². The van der Waals surface area contributed by atoms with Crippen LogP contribution in [0.1, 0.15) is 6.92 Å². The van der Waals surface area contributed by atoms with E-state index in [9.17, 15) is 19.2 Å². The number of amides is 1. The molecule has 0 fully saturated rings. The highest BCUT2D eigenvalue weighted by molar-refractivity contribution is 5.79. The maximum absolute atomic E-state index is 12.2. The molecule has 1 unspecified atom stereocenters. The van der Waals surface area contributed by atoms with Crippen LogP contribution in [0.15, 0.2) is 33.9 Å². The number of rotatable bonds is 5. The van der Waals surface area contributed by atoms with Crippen LogP contribution in [0, 0.1) is 5.92 Å². The van der Waals surface area contributed by atoms with E-state index < -0.39 is 35.6 Å². The smallest absolute Gasteiger partial charge is 0.329 e. The van der Waals surface area contributed by atoms with Crippen molar-refractivity contribution in [2.45, 2.75) is 13.5 Å². The highest BCUT2D eigenvalue weighted by Crippen LogP contribution is 2.02. The van der Waals surface area contributed by atoms with Crippen LogP contribution in [0.3, 0.4) is 0 Å². The Morgan fingerprint density at radius 3 is 2.68 bits per heavy atom. The average Bonchev–Trinajstić information content (AvgIpc) is 2.48. The average molecular weight is 305 g/mol. The van der Waals surface area contributed by atoms with Gasteiger partial charge in [-0.1, -0.05) is 19.1 Å². The number of aromatic amines is 1. The van der Waals surface area contributed by atoms with Gasteiger partial charge in [-0.05, 0) is 12.1 Å². The van der Waals surface area contributed by atoms with Crippen LogP contribution >= 0.6 is 0 Å². The second-order valence-electron chi connectivity index (χ2n) is 4.91. The number of nitrogens with zero attached hydrogens (tertiary/aromatic N) is 1. The normalized spacial score (nSPS) is 12.0. The number of carbonyl (C=O) groups excluding carboxylic acids is 1. The summed E-state index contributed by atoms with van der Waals surface area (Å²) in [5.41, 5.74) is -0.862. The minimum atomic E-state index is -1.04. The fourth-order valence-corrected chi connectivity index (χ4v) is 1.90. The second-order valence-corrected chi connectivity index (χ2v) is 4.91. The fraction of sp³-hybridized carbons (Fsp3) is 0.286. The number of benzene rings is 1. The molecule has 0 saturated heterocycles. The molecule has 0 aliphatic carbocycles. The monoisotopic (exact) mass is 305 g/mol. The van der Waals surface area contributed by atoms with Crippen molar-refractivity contribution in [3.05, 3.63) is 45.1 Å². The first-order chi connectivity index (χ1) is 10.4. The number of fused-ring (bicyclic) bond motifs is 1. The molecular weight excluding hydrogens is 290 g/mol. The lowest BCUT2D eigenvalue weighted by atomic mass is 10.2. The van der Waals surface area contributed by atoms with E-state index in [0.29, 0.717) is 10.9 Å². The van der Waals surface area contributed by atoms with Crippen LogP contribution in [0.4, 0.5) is 0 Å². The molecule has 1 aromatic heterocycles. The number of aliphatic carboxylic acids is 1. The number of carboxylic acids is 1. The number of hydrogen-bond acceptors (Lipinski definition) is 4. The molecule has 1 amide bonds. The summed E-state index contributed by atoms with van der Waals surface area (Å²) in [5, 5.41) is 11.4. The van der Waals surface area contributed by atoms with Crippen molar-refractivity contribution in [3.8, 4) is 0 Å². The first-order valence-electron chi connectivity index (χ1n) is 6.61. The van der Waals surface area contributed by atoms with Gasteiger partial charge in [0.25, 0.3) is 5.56 Å². The Labute approximate surface area is 124 Å². The molecule has 8 heteroatoms. The number of nitrogens with one attached hydrogen (secondary N) is 2. The predicted octanol–water partition coefficient (Wildman–Crippen LogP) is -0.473. The summed E-state index contributed by atoms with van der Waals surface area (Å²) in [5.74, 6) is -2.40. The van der Waals surface area contributed by atoms with Crippen molar-refractivity contribution in [2.75, 3.05) is 6.54 Å². The third kappa shape index (κ3) is 3.22. The molecule has 1 aromatic carbocycles. The first-order valence-corrected chi connectivity index (χ1v) is 6.61. The van der Waals surface area contributed by atoms with E-state index in [1.807, 2.05) is 0 Å². The maximum atomic E-state index is 12.2. The number of H-pyrrole nitrogens is 1. The fourth-order valence-electron chi connectivity index (χ4n) is 1.90. The summed E-state index contributed by atoms with van der Waals surface area (Å²) in [4.78, 5) is 49.0. The summed E-state index contributed by atoms with van der Waals surface area (Å²) in [6, 6.07) is 6.48. The van der Waals surface area contributed by atoms with Gasteiger partial charge in [0.05, 0.1) is 16.8 Å². The van der Waals surface area contributed by atoms with Gasteiger partial charge in [0, 0.05) is 6.54 Å². The van der Waals surface area contributed by atoms with E-state index in [1.54, 1.807) is 24.3 Å². The van der Waals surface area contributed by atoms with Crippen LogP contribution in [-0.2, 0) is 16.1 Å². The van der Waals surface area contributed by atoms with Gasteiger partial charge in [-0.25, -0.2) is 4.79 Å². The molecule has 1 atom stereocenters. The Morgan fingerprint density at radius 2 is 2.00 bits per heavy atom. The van der Waals surface area contributed by atoms with Crippen molar-refractivity contribution in [1.82, 2.24) is 14.9 Å². The number of aromatic nitrogens is 2. The number of carbonyl (C=O) groups is 2. The van der Waals surface area contributed by atoms with Crippen LogP contribution in [-0.4, -0.2) is 33.1 Å². The van der Waals surface area contributed by atoms with Crippen LogP contribution < -0.4 is 16.6 Å². The maximum Gasteiger partial charge on any atom is 0.329 e. The van der Waals surface area contributed by atoms with Gasteiger partial charge >= 0.3 is 11.7 Å². The van der Waals surface area contributed by atoms with Crippen LogP contribution in [0.25, 0.3) is 10.9 Å². The zero-order valence-corrected chi connectivity index (χ0v) is 11.8. The topological polar surface area (TPSA) is 121 Å². The van der Waals surface area contributed by atoms with E-state index in [4.69, 9.17) is 5.11 Å². The summed E-state index contributed by atoms with van der Waals surface area (Å²) in [6.45, 7) is 0.900. The zero-order chi connectivity index (χ0) is 16.3. The van der Waals surface area contributed by atoms with E-state index in [1.165, 1.54) is 6.92 Å². The molecule has 3 N–H and O–H groups in total. The lowest BCUT2D eigenvalue weighted by molar-refractivity contribution is -0.141. The van der Waals surface area contributed by atoms with Gasteiger partial charge in [-0.15, -0.1) is 0 Å². The molecule has 0 aliphatic heterocycles. The van der Waals surface area contributed by atoms with Crippen LogP contribution in [0.2, 0.25) is 0 Å². The molecule has 2 aromatic rings. The highest BCUT2D eigenvalue weighted by Gasteiger charge is 2.14. The standard InChI is InChI=1S/C14H15N3O5/c1-8(13(20)21)6-15-11(18)7-17-12(19)9-4-2-3-5-10(9)16-14(17)22/h2-5,8H,6-7H2,1H3,(H,15,18)(H,16,22)(H,20,21). The second kappa shape index (κ2) is 6.25. The van der Waals surface area contributed by atoms with Gasteiger partial charge in [0.15, 0.2) is 0 Å². The molecule has 0 bridgehead atoms. The largest absolute Gasteiger partial charge is 0.481 e. The Hall–Kier alpha value is -2.90. The Balaban J connectivity index is 2.21. The highest BCUT2D eigenvalue weighted by atomic mass is 16.4. The van der Waals surface area contributed by atoms with Gasteiger partial charge in [0.2, 0.25) is 5.91 Å². The number of hydrogen-bond donors (Lipinski definition) is 3. The van der Waals surface area contributed by atoms with Gasteiger partial charge in [-0.3, -0.25) is 19.0 Å². The van der Waals surface area contributed by atoms with Gasteiger partial charge in [0.1, 0.15) is 6.54 Å². The van der Waals surface area contributed by atoms with Crippen molar-refractivity contribution < 1.29 is 14.7 Å². The molecule has 0 aliphatic rings. The SMILES string of the molecule is CC(CNC(=O)Cn1c(=O)[nH]c2ccccc2c1=O)C(=O)O. The van der Waals surface area contributed by atoms with Crippen molar-refractivity contribution in [2.24, 2.45) is 5.92 Å². The lowest BCUT2D eigenvalue weighted by Crippen LogP contribution is -2.41. The third-order valence-corrected chi connectivity index (χ3v) is 3.22. The molecule has 22 heavy (non-hydrogen) atoms. The number of para-hydroxylation sites is 1. The molecule has 116 valence electrons. The summed E-state index contributed by atoms with van der Waals surface area (Å²) in [7, 11) is 0.